The van der Waals surface area contributed by atoms with Gasteiger partial charge in [0.05, 0.1) is 0 Å². The number of carbonyl (C=O) groups excluding carboxylic acids is 2. The van der Waals surface area contributed by atoms with Crippen LogP contribution in [0.3, 0.4) is 0 Å². The number of amides is 2. The molecule has 2 amide bonds. The fourth-order valence-electron chi connectivity index (χ4n) is 2.29. The summed E-state index contributed by atoms with van der Waals surface area (Å²) in [5.74, 6) is 0.0714. The van der Waals surface area contributed by atoms with Crippen LogP contribution in [0.4, 0.5) is 4.79 Å². The molecule has 2 N–H and O–H groups in total. The second-order valence-electron chi connectivity index (χ2n) is 6.87. The lowest BCUT2D eigenvalue weighted by Crippen LogP contribution is -2.47. The van der Waals surface area contributed by atoms with Gasteiger partial charge in [-0.15, -0.1) is 0 Å². The van der Waals surface area contributed by atoms with E-state index in [0.717, 1.165) is 25.7 Å². The molecule has 116 valence electrons. The molecule has 0 aromatic rings. The molecule has 1 rings (SSSR count). The zero-order valence-electron chi connectivity index (χ0n) is 13.3. The first-order valence-electron chi connectivity index (χ1n) is 7.47. The second kappa shape index (κ2) is 6.95. The largest absolute Gasteiger partial charge is 0.444 e. The van der Waals surface area contributed by atoms with Gasteiger partial charge in [0.15, 0.2) is 0 Å². The lowest BCUT2D eigenvalue weighted by molar-refractivity contribution is -0.124. The Labute approximate surface area is 121 Å². The van der Waals surface area contributed by atoms with E-state index in [4.69, 9.17) is 4.74 Å². The molecular formula is C15H28N2O3. The number of hydrogen-bond acceptors (Lipinski definition) is 3. The monoisotopic (exact) mass is 284 g/mol. The van der Waals surface area contributed by atoms with Crippen LogP contribution in [0.5, 0.6) is 0 Å². The van der Waals surface area contributed by atoms with Crippen LogP contribution in [-0.2, 0) is 9.53 Å². The molecule has 0 bridgehead atoms. The van der Waals surface area contributed by atoms with Crippen LogP contribution in [0, 0.1) is 5.92 Å². The van der Waals surface area contributed by atoms with Gasteiger partial charge >= 0.3 is 6.09 Å². The predicted octanol–water partition coefficient (Wildman–Crippen LogP) is 2.59. The molecule has 0 radical (unpaired) electrons. The lowest BCUT2D eigenvalue weighted by atomic mass is 9.90. The van der Waals surface area contributed by atoms with E-state index in [0.29, 0.717) is 0 Å². The number of carbonyl (C=O) groups is 2. The van der Waals surface area contributed by atoms with Gasteiger partial charge in [0.25, 0.3) is 0 Å². The van der Waals surface area contributed by atoms with Crippen molar-refractivity contribution in [3.8, 4) is 0 Å². The van der Waals surface area contributed by atoms with Gasteiger partial charge in [-0.3, -0.25) is 4.79 Å². The first kappa shape index (κ1) is 16.8. The van der Waals surface area contributed by atoms with Gasteiger partial charge in [0.1, 0.15) is 5.60 Å². The third kappa shape index (κ3) is 6.26. The molecule has 5 nitrogen and oxygen atoms in total. The molecule has 0 heterocycles. The third-order valence-electron chi connectivity index (χ3n) is 3.27. The molecule has 2 atom stereocenters. The van der Waals surface area contributed by atoms with Crippen LogP contribution < -0.4 is 10.6 Å². The minimum Gasteiger partial charge on any atom is -0.444 e. The van der Waals surface area contributed by atoms with Gasteiger partial charge in [0.2, 0.25) is 5.91 Å². The first-order valence-corrected chi connectivity index (χ1v) is 7.47. The smallest absolute Gasteiger partial charge is 0.407 e. The highest BCUT2D eigenvalue weighted by atomic mass is 16.6. The Morgan fingerprint density at radius 1 is 1.10 bits per heavy atom. The van der Waals surface area contributed by atoms with Crippen molar-refractivity contribution in [1.82, 2.24) is 10.6 Å². The van der Waals surface area contributed by atoms with Crippen molar-refractivity contribution in [2.24, 2.45) is 5.92 Å². The summed E-state index contributed by atoms with van der Waals surface area (Å²) in [4.78, 5) is 23.4. The van der Waals surface area contributed by atoms with Gasteiger partial charge in [-0.2, -0.15) is 0 Å². The molecule has 1 saturated carbocycles. The van der Waals surface area contributed by atoms with Crippen molar-refractivity contribution in [3.05, 3.63) is 0 Å². The van der Waals surface area contributed by atoms with Gasteiger partial charge < -0.3 is 15.4 Å². The topological polar surface area (TPSA) is 67.4 Å². The van der Waals surface area contributed by atoms with Crippen LogP contribution in [0.15, 0.2) is 0 Å². The number of ether oxygens (including phenoxy) is 1. The molecule has 0 aromatic heterocycles. The summed E-state index contributed by atoms with van der Waals surface area (Å²) in [6, 6.07) is 0.231. The number of nitrogens with one attached hydrogen (secondary N) is 2. The van der Waals surface area contributed by atoms with E-state index in [-0.39, 0.29) is 30.0 Å². The minimum atomic E-state index is -0.482. The van der Waals surface area contributed by atoms with Crippen molar-refractivity contribution in [3.63, 3.8) is 0 Å². The Morgan fingerprint density at radius 2 is 1.65 bits per heavy atom. The highest BCUT2D eigenvalue weighted by Crippen LogP contribution is 2.19. The van der Waals surface area contributed by atoms with Crippen molar-refractivity contribution < 1.29 is 14.3 Å². The predicted molar refractivity (Wildman–Crippen MR) is 78.4 cm³/mol. The minimum absolute atomic E-state index is 0.00538. The SMILES string of the molecule is CC(C)C(=O)NC1CCCC(NC(=O)OC(C)(C)C)C1. The maximum Gasteiger partial charge on any atom is 0.407 e. The van der Waals surface area contributed by atoms with Crippen LogP contribution >= 0.6 is 0 Å². The van der Waals surface area contributed by atoms with Crippen LogP contribution in [0.25, 0.3) is 0 Å². The Morgan fingerprint density at radius 3 is 2.15 bits per heavy atom. The molecule has 20 heavy (non-hydrogen) atoms. The van der Waals surface area contributed by atoms with Crippen molar-refractivity contribution in [2.45, 2.75) is 78.0 Å². The quantitative estimate of drug-likeness (QED) is 0.837. The van der Waals surface area contributed by atoms with E-state index in [1.165, 1.54) is 0 Å². The second-order valence-corrected chi connectivity index (χ2v) is 6.87. The van der Waals surface area contributed by atoms with E-state index in [9.17, 15) is 9.59 Å². The Hall–Kier alpha value is -1.26. The molecule has 1 fully saturated rings. The third-order valence-corrected chi connectivity index (χ3v) is 3.27. The summed E-state index contributed by atoms with van der Waals surface area (Å²) >= 11 is 0. The van der Waals surface area contributed by atoms with Crippen LogP contribution in [-0.4, -0.2) is 29.7 Å². The Balaban J connectivity index is 2.41. The zero-order chi connectivity index (χ0) is 15.3. The van der Waals surface area contributed by atoms with Crippen molar-refractivity contribution in [1.29, 1.82) is 0 Å². The molecule has 0 saturated heterocycles. The molecule has 0 aliphatic heterocycles. The number of rotatable bonds is 3. The van der Waals surface area contributed by atoms with Gasteiger partial charge in [-0.25, -0.2) is 4.79 Å². The average Bonchev–Trinajstić information content (AvgIpc) is 2.26. The van der Waals surface area contributed by atoms with Crippen LogP contribution in [0.2, 0.25) is 0 Å². The molecule has 0 spiro atoms. The Kier molecular flexibility index (Phi) is 5.84. The van der Waals surface area contributed by atoms with Crippen molar-refractivity contribution in [2.75, 3.05) is 0 Å². The van der Waals surface area contributed by atoms with Crippen LogP contribution in [0.1, 0.15) is 60.3 Å². The maximum atomic E-state index is 11.7. The molecule has 1 aliphatic carbocycles. The molecule has 2 unspecified atom stereocenters. The molecular weight excluding hydrogens is 256 g/mol. The molecule has 0 aromatic carbocycles. The fourth-order valence-corrected chi connectivity index (χ4v) is 2.29. The number of hydrogen-bond donors (Lipinski definition) is 2. The molecule has 5 heteroatoms. The normalized spacial score (nSPS) is 23.3. The standard InChI is InChI=1S/C15H28N2O3/c1-10(2)13(18)16-11-7-6-8-12(9-11)17-14(19)20-15(3,4)5/h10-12H,6-9H2,1-5H3,(H,16,18)(H,17,19). The summed E-state index contributed by atoms with van der Waals surface area (Å²) in [6.07, 6.45) is 3.32. The van der Waals surface area contributed by atoms with Gasteiger partial charge in [-0.1, -0.05) is 13.8 Å². The summed E-state index contributed by atoms with van der Waals surface area (Å²) in [6.45, 7) is 9.31. The highest BCUT2D eigenvalue weighted by molar-refractivity contribution is 5.78. The first-order chi connectivity index (χ1) is 9.17. The van der Waals surface area contributed by atoms with Gasteiger partial charge in [0, 0.05) is 18.0 Å². The Bertz CT molecular complexity index is 348. The summed E-state index contributed by atoms with van der Waals surface area (Å²) < 4.78 is 5.26. The highest BCUT2D eigenvalue weighted by Gasteiger charge is 2.26. The van der Waals surface area contributed by atoms with E-state index < -0.39 is 5.60 Å². The summed E-state index contributed by atoms with van der Waals surface area (Å²) in [5.41, 5.74) is -0.482. The van der Waals surface area contributed by atoms with E-state index >= 15 is 0 Å². The zero-order valence-corrected chi connectivity index (χ0v) is 13.3. The number of alkyl carbamates (subject to hydrolysis) is 1. The average molecular weight is 284 g/mol. The molecule has 1 aliphatic rings. The fraction of sp³-hybridized carbons (Fsp3) is 0.867. The summed E-state index contributed by atoms with van der Waals surface area (Å²) in [7, 11) is 0. The van der Waals surface area contributed by atoms with Gasteiger partial charge in [-0.05, 0) is 46.5 Å². The van der Waals surface area contributed by atoms with E-state index in [2.05, 4.69) is 10.6 Å². The lowest BCUT2D eigenvalue weighted by Gasteiger charge is -2.31. The van der Waals surface area contributed by atoms with E-state index in [1.807, 2.05) is 34.6 Å². The van der Waals surface area contributed by atoms with Crippen molar-refractivity contribution >= 4 is 12.0 Å². The van der Waals surface area contributed by atoms with E-state index in [1.54, 1.807) is 0 Å². The maximum absolute atomic E-state index is 11.7. The summed E-state index contributed by atoms with van der Waals surface area (Å²) in [5, 5.41) is 5.93.